The van der Waals surface area contributed by atoms with Crippen LogP contribution in [-0.4, -0.2) is 38.6 Å². The molecule has 26 heavy (non-hydrogen) atoms. The largest absolute Gasteiger partial charge is 0.390 e. The fraction of sp³-hybridized carbons (Fsp3) is 0.550. The fourth-order valence-electron chi connectivity index (χ4n) is 4.81. The third-order valence-electron chi connectivity index (χ3n) is 6.17. The van der Waals surface area contributed by atoms with Gasteiger partial charge in [0.15, 0.2) is 0 Å². The van der Waals surface area contributed by atoms with E-state index in [1.807, 2.05) is 17.2 Å². The Morgan fingerprint density at radius 2 is 2.12 bits per heavy atom. The van der Waals surface area contributed by atoms with Crippen LogP contribution in [0.5, 0.6) is 0 Å². The Kier molecular flexibility index (Phi) is 4.49. The lowest BCUT2D eigenvalue weighted by molar-refractivity contribution is -0.178. The van der Waals surface area contributed by atoms with E-state index in [0.717, 1.165) is 35.7 Å². The van der Waals surface area contributed by atoms with Crippen molar-refractivity contribution in [2.24, 2.45) is 0 Å². The molecule has 3 aliphatic rings. The van der Waals surface area contributed by atoms with Crippen LogP contribution < -0.4 is 0 Å². The Morgan fingerprint density at radius 3 is 2.81 bits per heavy atom. The second-order valence-corrected chi connectivity index (χ2v) is 8.77. The van der Waals surface area contributed by atoms with Crippen molar-refractivity contribution in [2.75, 3.05) is 0 Å². The first-order valence-corrected chi connectivity index (χ1v) is 10.1. The number of carbonyl (C=O) groups excluding carboxylic acids is 1. The van der Waals surface area contributed by atoms with Gasteiger partial charge < -0.3 is 15.0 Å². The second kappa shape index (κ2) is 6.43. The number of piperidine rings is 2. The topological polar surface area (TPSA) is 56.3 Å². The maximum absolute atomic E-state index is 13.1. The molecule has 2 bridgehead atoms. The van der Waals surface area contributed by atoms with Gasteiger partial charge in [0.05, 0.1) is 15.6 Å². The smallest absolute Gasteiger partial charge is 0.223 e. The molecule has 2 atom stereocenters. The van der Waals surface area contributed by atoms with E-state index < -0.39 is 5.60 Å². The Morgan fingerprint density at radius 1 is 1.38 bits per heavy atom. The molecule has 4 nitrogen and oxygen atoms in total. The highest BCUT2D eigenvalue weighted by Crippen LogP contribution is 2.47. The summed E-state index contributed by atoms with van der Waals surface area (Å²) in [4.78, 5) is 18.3. The Labute approximate surface area is 163 Å². The maximum Gasteiger partial charge on any atom is 0.223 e. The summed E-state index contributed by atoms with van der Waals surface area (Å²) in [6, 6.07) is 4.03. The highest BCUT2D eigenvalue weighted by molar-refractivity contribution is 6.45. The quantitative estimate of drug-likeness (QED) is 0.776. The summed E-state index contributed by atoms with van der Waals surface area (Å²) in [5.41, 5.74) is 1.42. The van der Waals surface area contributed by atoms with E-state index in [2.05, 4.69) is 18.8 Å². The zero-order chi connectivity index (χ0) is 18.6. The number of amides is 1. The third kappa shape index (κ3) is 2.83. The summed E-state index contributed by atoms with van der Waals surface area (Å²) < 4.78 is 0. The van der Waals surface area contributed by atoms with Crippen LogP contribution >= 0.6 is 23.2 Å². The standard InChI is InChI=1S/C20H24Cl2N2O2/c1-3-12-7-20(26)8-13(9-20)24(12)17(25)6-11(2)14-10-23-16-5-4-15(21)19(22)18(14)16/h4-5,10-13,23,26H,3,6-9H2,1-2H3. The van der Waals surface area contributed by atoms with E-state index in [1.165, 1.54) is 0 Å². The van der Waals surface area contributed by atoms with Gasteiger partial charge in [0.2, 0.25) is 5.91 Å². The molecule has 0 spiro atoms. The molecule has 5 rings (SSSR count). The Balaban J connectivity index is 1.56. The number of aliphatic hydroxyl groups is 1. The molecule has 0 radical (unpaired) electrons. The zero-order valence-electron chi connectivity index (χ0n) is 15.1. The van der Waals surface area contributed by atoms with Crippen molar-refractivity contribution < 1.29 is 9.90 Å². The summed E-state index contributed by atoms with van der Waals surface area (Å²) in [6.07, 6.45) is 5.39. The maximum atomic E-state index is 13.1. The lowest BCUT2D eigenvalue weighted by atomic mass is 9.66. The highest BCUT2D eigenvalue weighted by atomic mass is 35.5. The number of fused-ring (bicyclic) bond motifs is 3. The number of rotatable bonds is 4. The van der Waals surface area contributed by atoms with Gasteiger partial charge in [-0.15, -0.1) is 0 Å². The van der Waals surface area contributed by atoms with Crippen LogP contribution in [0, 0.1) is 0 Å². The summed E-state index contributed by atoms with van der Waals surface area (Å²) in [5, 5.41) is 12.3. The van der Waals surface area contributed by atoms with E-state index in [4.69, 9.17) is 23.2 Å². The number of halogens is 2. The fourth-order valence-corrected chi connectivity index (χ4v) is 5.24. The van der Waals surface area contributed by atoms with E-state index in [0.29, 0.717) is 22.9 Å². The first kappa shape index (κ1) is 18.1. The van der Waals surface area contributed by atoms with Crippen LogP contribution in [0.1, 0.15) is 57.4 Å². The molecular formula is C20H24Cl2N2O2. The van der Waals surface area contributed by atoms with Crippen LogP contribution in [0.3, 0.4) is 0 Å². The average molecular weight is 395 g/mol. The van der Waals surface area contributed by atoms with Gasteiger partial charge >= 0.3 is 0 Å². The molecular weight excluding hydrogens is 371 g/mol. The molecule has 1 aromatic heterocycles. The number of carbonyl (C=O) groups is 1. The summed E-state index contributed by atoms with van der Waals surface area (Å²) in [5.74, 6) is 0.203. The van der Waals surface area contributed by atoms with Crippen LogP contribution in [0.2, 0.25) is 10.0 Å². The van der Waals surface area contributed by atoms with Gasteiger partial charge in [0.1, 0.15) is 0 Å². The molecule has 6 heteroatoms. The predicted octanol–water partition coefficient (Wildman–Crippen LogP) is 4.87. The number of nitrogens with zero attached hydrogens (tertiary/aromatic N) is 1. The number of aromatic nitrogens is 1. The molecule has 2 saturated heterocycles. The van der Waals surface area contributed by atoms with Crippen molar-refractivity contribution in [3.63, 3.8) is 0 Å². The molecule has 2 aliphatic heterocycles. The average Bonchev–Trinajstić information content (AvgIpc) is 3.01. The number of aromatic amines is 1. The van der Waals surface area contributed by atoms with E-state index in [-0.39, 0.29) is 23.9 Å². The summed E-state index contributed by atoms with van der Waals surface area (Å²) >= 11 is 12.6. The van der Waals surface area contributed by atoms with Gasteiger partial charge in [0, 0.05) is 35.6 Å². The van der Waals surface area contributed by atoms with Crippen LogP contribution in [0.15, 0.2) is 18.3 Å². The van der Waals surface area contributed by atoms with E-state index in [1.54, 1.807) is 6.07 Å². The minimum absolute atomic E-state index is 0.0330. The molecule has 3 fully saturated rings. The van der Waals surface area contributed by atoms with Gasteiger partial charge in [-0.3, -0.25) is 4.79 Å². The van der Waals surface area contributed by atoms with Crippen LogP contribution in [0.25, 0.3) is 10.9 Å². The van der Waals surface area contributed by atoms with Gasteiger partial charge in [-0.25, -0.2) is 0 Å². The monoisotopic (exact) mass is 394 g/mol. The molecule has 3 heterocycles. The molecule has 2 aromatic rings. The first-order valence-electron chi connectivity index (χ1n) is 9.31. The summed E-state index contributed by atoms with van der Waals surface area (Å²) in [7, 11) is 0. The molecule has 1 aliphatic carbocycles. The molecule has 140 valence electrons. The SMILES string of the molecule is CCC1CC2(O)CC(C2)N1C(=O)CC(C)c1c[nH]c2ccc(Cl)c(Cl)c12. The van der Waals surface area contributed by atoms with Gasteiger partial charge in [0.25, 0.3) is 0 Å². The lowest BCUT2D eigenvalue weighted by Gasteiger charge is -2.58. The molecule has 2 unspecified atom stereocenters. The number of H-pyrrole nitrogens is 1. The Hall–Kier alpha value is -1.23. The van der Waals surface area contributed by atoms with Gasteiger partial charge in [-0.05, 0) is 49.3 Å². The molecule has 1 aromatic carbocycles. The number of hydrogen-bond acceptors (Lipinski definition) is 2. The second-order valence-electron chi connectivity index (χ2n) is 7.99. The lowest BCUT2D eigenvalue weighted by Crippen LogP contribution is -2.67. The van der Waals surface area contributed by atoms with Crippen molar-refractivity contribution in [1.82, 2.24) is 9.88 Å². The minimum atomic E-state index is -0.533. The zero-order valence-corrected chi connectivity index (χ0v) is 16.6. The number of nitrogens with one attached hydrogen (secondary N) is 1. The van der Waals surface area contributed by atoms with E-state index >= 15 is 0 Å². The van der Waals surface area contributed by atoms with Gasteiger partial charge in [-0.2, -0.15) is 0 Å². The van der Waals surface area contributed by atoms with Gasteiger partial charge in [-0.1, -0.05) is 37.0 Å². The highest BCUT2D eigenvalue weighted by Gasteiger charge is 2.54. The molecule has 1 saturated carbocycles. The predicted molar refractivity (Wildman–Crippen MR) is 105 cm³/mol. The summed E-state index contributed by atoms with van der Waals surface area (Å²) in [6.45, 7) is 4.14. The third-order valence-corrected chi connectivity index (χ3v) is 6.98. The normalized spacial score (nSPS) is 28.9. The minimum Gasteiger partial charge on any atom is -0.390 e. The number of benzene rings is 1. The van der Waals surface area contributed by atoms with Crippen molar-refractivity contribution >= 4 is 40.0 Å². The number of hydrogen-bond donors (Lipinski definition) is 2. The molecule has 2 N–H and O–H groups in total. The van der Waals surface area contributed by atoms with Crippen molar-refractivity contribution in [3.8, 4) is 0 Å². The molecule has 1 amide bonds. The van der Waals surface area contributed by atoms with Crippen molar-refractivity contribution in [2.45, 2.75) is 69.6 Å². The van der Waals surface area contributed by atoms with Crippen LogP contribution in [-0.2, 0) is 4.79 Å². The van der Waals surface area contributed by atoms with Crippen molar-refractivity contribution in [1.29, 1.82) is 0 Å². The van der Waals surface area contributed by atoms with E-state index in [9.17, 15) is 9.90 Å². The van der Waals surface area contributed by atoms with Crippen molar-refractivity contribution in [3.05, 3.63) is 33.9 Å². The Bertz CT molecular complexity index is 857. The van der Waals surface area contributed by atoms with Crippen LogP contribution in [0.4, 0.5) is 0 Å². The first-order chi connectivity index (χ1) is 12.3.